The molecular formula is C28H34N4O3. The third-order valence-electron chi connectivity index (χ3n) is 6.46. The summed E-state index contributed by atoms with van der Waals surface area (Å²) >= 11 is 0. The van der Waals surface area contributed by atoms with E-state index in [0.29, 0.717) is 31.0 Å². The topological polar surface area (TPSA) is 79.5 Å². The maximum absolute atomic E-state index is 11.9. The van der Waals surface area contributed by atoms with E-state index in [4.69, 9.17) is 9.47 Å². The van der Waals surface area contributed by atoms with Crippen LogP contribution < -0.4 is 10.1 Å². The van der Waals surface area contributed by atoms with Gasteiger partial charge in [-0.05, 0) is 70.5 Å². The molecule has 4 rings (SSSR count). The van der Waals surface area contributed by atoms with Crippen LogP contribution in [-0.2, 0) is 11.3 Å². The largest absolute Gasteiger partial charge is 0.493 e. The van der Waals surface area contributed by atoms with E-state index in [9.17, 15) is 10.1 Å². The molecule has 184 valence electrons. The minimum absolute atomic E-state index is 0.302. The number of fused-ring (bicyclic) bond motifs is 1. The van der Waals surface area contributed by atoms with Crippen LogP contribution in [0.25, 0.3) is 22.2 Å². The third kappa shape index (κ3) is 5.77. The summed E-state index contributed by atoms with van der Waals surface area (Å²) in [5.74, 6) is 0.817. The minimum Gasteiger partial charge on any atom is -0.493 e. The van der Waals surface area contributed by atoms with Crippen LogP contribution in [0.1, 0.15) is 45.1 Å². The van der Waals surface area contributed by atoms with E-state index in [1.54, 1.807) is 13.0 Å². The van der Waals surface area contributed by atoms with Gasteiger partial charge in [-0.3, -0.25) is 5.32 Å². The Morgan fingerprint density at radius 2 is 1.94 bits per heavy atom. The molecule has 1 aliphatic rings. The Morgan fingerprint density at radius 1 is 1.11 bits per heavy atom. The third-order valence-corrected chi connectivity index (χ3v) is 6.46. The normalized spacial score (nSPS) is 14.0. The Morgan fingerprint density at radius 3 is 2.69 bits per heavy atom. The average Bonchev–Trinajstić information content (AvgIpc) is 3.20. The molecule has 1 N–H and O–H groups in total. The van der Waals surface area contributed by atoms with Gasteiger partial charge in [-0.15, -0.1) is 0 Å². The number of nitriles is 1. The van der Waals surface area contributed by atoms with Gasteiger partial charge in [-0.25, -0.2) is 4.79 Å². The number of likely N-dealkylation sites (tertiary alicyclic amines) is 1. The van der Waals surface area contributed by atoms with E-state index in [-0.39, 0.29) is 0 Å². The fraction of sp³-hybridized carbons (Fsp3) is 0.429. The first-order valence-corrected chi connectivity index (χ1v) is 12.6. The molecule has 35 heavy (non-hydrogen) atoms. The number of piperidine rings is 1. The van der Waals surface area contributed by atoms with E-state index < -0.39 is 6.09 Å². The van der Waals surface area contributed by atoms with Crippen molar-refractivity contribution in [2.45, 2.75) is 46.1 Å². The van der Waals surface area contributed by atoms with Crippen LogP contribution in [0.5, 0.6) is 5.75 Å². The highest BCUT2D eigenvalue weighted by Crippen LogP contribution is 2.36. The number of carbonyl (C=O) groups is 1. The van der Waals surface area contributed by atoms with Gasteiger partial charge in [0.2, 0.25) is 0 Å². The van der Waals surface area contributed by atoms with E-state index in [1.807, 2.05) is 36.4 Å². The average molecular weight is 475 g/mol. The van der Waals surface area contributed by atoms with E-state index in [1.165, 1.54) is 32.4 Å². The molecule has 2 heterocycles. The molecule has 1 amide bonds. The molecular weight excluding hydrogens is 440 g/mol. The molecule has 0 bridgehead atoms. The molecule has 1 saturated heterocycles. The van der Waals surface area contributed by atoms with Crippen LogP contribution in [0.4, 0.5) is 10.5 Å². The maximum Gasteiger partial charge on any atom is 0.411 e. The lowest BCUT2D eigenvalue weighted by atomic mass is 10.1. The fourth-order valence-electron chi connectivity index (χ4n) is 4.85. The van der Waals surface area contributed by atoms with Crippen LogP contribution in [0.15, 0.2) is 42.5 Å². The Balaban J connectivity index is 1.57. The van der Waals surface area contributed by atoms with Crippen LogP contribution in [-0.4, -0.2) is 48.4 Å². The summed E-state index contributed by atoms with van der Waals surface area (Å²) in [6.45, 7) is 8.98. The van der Waals surface area contributed by atoms with Gasteiger partial charge in [-0.1, -0.05) is 18.6 Å². The van der Waals surface area contributed by atoms with Crippen LogP contribution in [0, 0.1) is 11.3 Å². The Labute approximate surface area is 207 Å². The van der Waals surface area contributed by atoms with Crippen LogP contribution in [0.3, 0.4) is 0 Å². The van der Waals surface area contributed by atoms with Crippen molar-refractivity contribution in [1.29, 1.82) is 5.26 Å². The number of hydrogen-bond acceptors (Lipinski definition) is 5. The van der Waals surface area contributed by atoms with Crippen molar-refractivity contribution in [1.82, 2.24) is 9.47 Å². The summed E-state index contributed by atoms with van der Waals surface area (Å²) in [4.78, 5) is 14.4. The van der Waals surface area contributed by atoms with Gasteiger partial charge >= 0.3 is 6.09 Å². The highest BCUT2D eigenvalue weighted by atomic mass is 16.5. The Bertz CT molecular complexity index is 1200. The number of carbonyl (C=O) groups excluding carboxylic acids is 1. The number of aromatic nitrogens is 1. The molecule has 0 spiro atoms. The number of rotatable bonds is 9. The van der Waals surface area contributed by atoms with E-state index >= 15 is 0 Å². The monoisotopic (exact) mass is 474 g/mol. The highest BCUT2D eigenvalue weighted by Gasteiger charge is 2.19. The number of benzene rings is 2. The predicted octanol–water partition coefficient (Wildman–Crippen LogP) is 6.02. The van der Waals surface area contributed by atoms with Crippen molar-refractivity contribution in [3.05, 3.63) is 48.0 Å². The molecule has 0 unspecified atom stereocenters. The number of aryl methyl sites for hydroxylation is 1. The first kappa shape index (κ1) is 24.6. The van der Waals surface area contributed by atoms with Crippen molar-refractivity contribution < 1.29 is 14.3 Å². The molecule has 3 aromatic rings. The number of nitrogens with one attached hydrogen (secondary N) is 1. The van der Waals surface area contributed by atoms with Gasteiger partial charge in [0.05, 0.1) is 30.0 Å². The zero-order chi connectivity index (χ0) is 24.6. The van der Waals surface area contributed by atoms with Crippen molar-refractivity contribution in [3.63, 3.8) is 0 Å². The summed E-state index contributed by atoms with van der Waals surface area (Å²) < 4.78 is 13.2. The molecule has 0 aliphatic carbocycles. The van der Waals surface area contributed by atoms with Gasteiger partial charge in [0, 0.05) is 35.8 Å². The van der Waals surface area contributed by atoms with Crippen molar-refractivity contribution in [2.24, 2.45) is 0 Å². The molecule has 0 atom stereocenters. The molecule has 1 aromatic heterocycles. The number of hydrogen-bond donors (Lipinski definition) is 1. The summed E-state index contributed by atoms with van der Waals surface area (Å²) in [5.41, 5.74) is 3.90. The quantitative estimate of drug-likeness (QED) is 0.384. The highest BCUT2D eigenvalue weighted by molar-refractivity contribution is 5.96. The minimum atomic E-state index is -0.497. The Kier molecular flexibility index (Phi) is 8.27. The van der Waals surface area contributed by atoms with Crippen LogP contribution >= 0.6 is 0 Å². The standard InChI is InChI=1S/C28H34N4O3/c1-3-32-26-19-23(35-17-9-16-31-14-6-5-7-15-31)12-13-24(26)25(20-29)27(32)21-10-8-11-22(18-21)30-28(33)34-4-2/h8,10-13,18-19H,3-7,9,14-17H2,1-2H3,(H,30,33). The molecule has 7 nitrogen and oxygen atoms in total. The molecule has 2 aromatic carbocycles. The first-order valence-electron chi connectivity index (χ1n) is 12.6. The van der Waals surface area contributed by atoms with Gasteiger partial charge in [0.15, 0.2) is 0 Å². The second kappa shape index (κ2) is 11.8. The van der Waals surface area contributed by atoms with E-state index in [0.717, 1.165) is 40.9 Å². The van der Waals surface area contributed by atoms with Gasteiger partial charge in [-0.2, -0.15) is 5.26 Å². The lowest BCUT2D eigenvalue weighted by molar-refractivity contribution is 0.168. The molecule has 7 heteroatoms. The van der Waals surface area contributed by atoms with Gasteiger partial charge in [0.25, 0.3) is 0 Å². The SMILES string of the molecule is CCOC(=O)Nc1cccc(-c2c(C#N)c3ccc(OCCCN4CCCCC4)cc3n2CC)c1. The van der Waals surface area contributed by atoms with Crippen molar-refractivity contribution >= 4 is 22.7 Å². The second-order valence-corrected chi connectivity index (χ2v) is 8.79. The molecule has 0 radical (unpaired) electrons. The predicted molar refractivity (Wildman–Crippen MR) is 139 cm³/mol. The fourth-order valence-corrected chi connectivity index (χ4v) is 4.85. The van der Waals surface area contributed by atoms with Crippen molar-refractivity contribution in [2.75, 3.05) is 38.2 Å². The lowest BCUT2D eigenvalue weighted by Crippen LogP contribution is -2.31. The Hall–Kier alpha value is -3.50. The van der Waals surface area contributed by atoms with E-state index in [2.05, 4.69) is 27.8 Å². The van der Waals surface area contributed by atoms with Crippen molar-refractivity contribution in [3.8, 4) is 23.1 Å². The number of ether oxygens (including phenoxy) is 2. The number of anilines is 1. The summed E-state index contributed by atoms with van der Waals surface area (Å²) in [7, 11) is 0. The number of nitrogens with zero attached hydrogens (tertiary/aromatic N) is 3. The molecule has 1 fully saturated rings. The zero-order valence-corrected chi connectivity index (χ0v) is 20.7. The summed E-state index contributed by atoms with van der Waals surface area (Å²) in [5, 5.41) is 13.7. The molecule has 1 aliphatic heterocycles. The zero-order valence-electron chi connectivity index (χ0n) is 20.7. The van der Waals surface area contributed by atoms with Crippen LogP contribution in [0.2, 0.25) is 0 Å². The smallest absolute Gasteiger partial charge is 0.411 e. The van der Waals surface area contributed by atoms with Gasteiger partial charge < -0.3 is 18.9 Å². The lowest BCUT2D eigenvalue weighted by Gasteiger charge is -2.26. The first-order chi connectivity index (χ1) is 17.1. The molecule has 0 saturated carbocycles. The number of amides is 1. The second-order valence-electron chi connectivity index (χ2n) is 8.79. The summed E-state index contributed by atoms with van der Waals surface area (Å²) in [6.07, 6.45) is 4.46. The maximum atomic E-state index is 11.9. The summed E-state index contributed by atoms with van der Waals surface area (Å²) in [6, 6.07) is 15.9. The van der Waals surface area contributed by atoms with Gasteiger partial charge in [0.1, 0.15) is 11.8 Å².